The molecular weight excluding hydrogens is 602 g/mol. The third kappa shape index (κ3) is 11.8. The molecule has 1 aromatic carbocycles. The number of alkyl halides is 4. The van der Waals surface area contributed by atoms with Crippen LogP contribution in [0.3, 0.4) is 0 Å². The van der Waals surface area contributed by atoms with Crippen molar-refractivity contribution in [1.82, 2.24) is 0 Å². The molecule has 0 spiro atoms. The molecule has 0 aliphatic carbocycles. The Hall–Kier alpha value is -0.0800. The Morgan fingerprint density at radius 1 is 0.778 bits per heavy atom. The van der Waals surface area contributed by atoms with Gasteiger partial charge in [-0.2, -0.15) is 16.8 Å². The van der Waals surface area contributed by atoms with E-state index in [4.69, 9.17) is 59.5 Å². The molecular formula is C21H32Cl4O9S2. The molecule has 0 aliphatic rings. The van der Waals surface area contributed by atoms with E-state index in [-0.39, 0.29) is 42.1 Å². The van der Waals surface area contributed by atoms with Crippen molar-refractivity contribution >= 4 is 67.2 Å². The fourth-order valence-corrected chi connectivity index (χ4v) is 5.75. The summed E-state index contributed by atoms with van der Waals surface area (Å²) < 4.78 is 74.6. The molecule has 9 nitrogen and oxygen atoms in total. The first-order valence-electron chi connectivity index (χ1n) is 10.9. The fraction of sp³-hybridized carbons (Fsp3) is 0.714. The average molecular weight is 634 g/mol. The zero-order valence-electron chi connectivity index (χ0n) is 20.4. The zero-order chi connectivity index (χ0) is 27.6. The first-order valence-corrected chi connectivity index (χ1v) is 15.7. The number of hydrogen-bond donors (Lipinski definition) is 0. The van der Waals surface area contributed by atoms with Gasteiger partial charge in [-0.1, -0.05) is 39.8 Å². The van der Waals surface area contributed by atoms with E-state index in [1.54, 1.807) is 19.1 Å². The predicted molar refractivity (Wildman–Crippen MR) is 141 cm³/mol. The van der Waals surface area contributed by atoms with Crippen molar-refractivity contribution in [2.45, 2.75) is 51.4 Å². The van der Waals surface area contributed by atoms with E-state index in [1.807, 2.05) is 32.9 Å². The van der Waals surface area contributed by atoms with Gasteiger partial charge in [0, 0.05) is 17.7 Å². The molecule has 210 valence electrons. The molecule has 0 amide bonds. The Labute approximate surface area is 234 Å². The molecule has 4 unspecified atom stereocenters. The summed E-state index contributed by atoms with van der Waals surface area (Å²) in [5, 5.41) is 0. The highest BCUT2D eigenvalue weighted by atomic mass is 35.5. The van der Waals surface area contributed by atoms with Crippen molar-refractivity contribution in [3.8, 4) is 5.75 Å². The lowest BCUT2D eigenvalue weighted by molar-refractivity contribution is -0.0102. The summed E-state index contributed by atoms with van der Waals surface area (Å²) in [7, 11) is -8.98. The molecule has 0 saturated heterocycles. The highest BCUT2D eigenvalue weighted by Gasteiger charge is 2.39. The molecule has 0 bridgehead atoms. The maximum atomic E-state index is 12.3. The van der Waals surface area contributed by atoms with Crippen molar-refractivity contribution < 1.29 is 38.3 Å². The van der Waals surface area contributed by atoms with Crippen LogP contribution in [0.5, 0.6) is 5.75 Å². The third-order valence-corrected chi connectivity index (χ3v) is 7.65. The summed E-state index contributed by atoms with van der Waals surface area (Å²) >= 11 is 23.1. The number of rotatable bonds is 17. The third-order valence-electron chi connectivity index (χ3n) is 4.86. The minimum Gasteiger partial charge on any atom is -0.487 e. The van der Waals surface area contributed by atoms with Crippen molar-refractivity contribution in [1.29, 1.82) is 0 Å². The highest BCUT2D eigenvalue weighted by molar-refractivity contribution is 7.82. The Morgan fingerprint density at radius 2 is 1.22 bits per heavy atom. The monoisotopic (exact) mass is 632 g/mol. The highest BCUT2D eigenvalue weighted by Crippen LogP contribution is 2.29. The molecule has 4 atom stereocenters. The van der Waals surface area contributed by atoms with Crippen LogP contribution in [0.1, 0.15) is 33.3 Å². The summed E-state index contributed by atoms with van der Waals surface area (Å²) in [4.78, 5) is 0. The largest absolute Gasteiger partial charge is 0.487 e. The van der Waals surface area contributed by atoms with Crippen LogP contribution >= 0.6 is 46.4 Å². The summed E-state index contributed by atoms with van der Waals surface area (Å²) in [6.07, 6.45) is -3.67. The van der Waals surface area contributed by atoms with Gasteiger partial charge in [0.25, 0.3) is 0 Å². The van der Waals surface area contributed by atoms with Gasteiger partial charge in [-0.3, -0.25) is 0 Å². The van der Waals surface area contributed by atoms with Crippen LogP contribution in [-0.2, 0) is 42.9 Å². The van der Waals surface area contributed by atoms with Crippen LogP contribution in [0.15, 0.2) is 24.3 Å². The molecule has 36 heavy (non-hydrogen) atoms. The first-order chi connectivity index (χ1) is 16.7. The van der Waals surface area contributed by atoms with E-state index in [1.165, 1.54) is 0 Å². The Bertz CT molecular complexity index is 984. The van der Waals surface area contributed by atoms with Gasteiger partial charge in [-0.25, -0.2) is 16.7 Å². The van der Waals surface area contributed by atoms with Crippen LogP contribution in [-0.4, -0.2) is 71.9 Å². The van der Waals surface area contributed by atoms with Gasteiger partial charge in [-0.05, 0) is 23.1 Å². The van der Waals surface area contributed by atoms with E-state index in [0.29, 0.717) is 5.75 Å². The maximum absolute atomic E-state index is 12.3. The second kappa shape index (κ2) is 15.5. The molecule has 1 aromatic rings. The smallest absolute Gasteiger partial charge is 0.400 e. The molecule has 0 aromatic heterocycles. The molecule has 1 rings (SSSR count). The van der Waals surface area contributed by atoms with Gasteiger partial charge in [0.2, 0.25) is 0 Å². The standard InChI is InChI=1S/C21H32Cl4O9S2/c1-15(18(13-24)33-35(26,27)30-11-9-22)20(19(14-25)34-36(28,29)31-12-10-23)32-17-7-5-16(6-8-17)21(2,3)4/h5-8,15,18-20H,9-14H2,1-4H3. The lowest BCUT2D eigenvalue weighted by Crippen LogP contribution is -2.47. The molecule has 0 N–H and O–H groups in total. The Morgan fingerprint density at radius 3 is 1.61 bits per heavy atom. The van der Waals surface area contributed by atoms with Crippen molar-refractivity contribution in [3.63, 3.8) is 0 Å². The number of benzene rings is 1. The summed E-state index contributed by atoms with van der Waals surface area (Å²) in [6, 6.07) is 7.10. The normalized spacial score (nSPS) is 16.3. The maximum Gasteiger partial charge on any atom is 0.400 e. The number of halogens is 4. The fourth-order valence-electron chi connectivity index (χ4n) is 2.97. The quantitative estimate of drug-likeness (QED) is 0.227. The summed E-state index contributed by atoms with van der Waals surface area (Å²) in [5.41, 5.74) is 0.918. The van der Waals surface area contributed by atoms with E-state index < -0.39 is 45.0 Å². The zero-order valence-corrected chi connectivity index (χ0v) is 25.0. The Kier molecular flexibility index (Phi) is 14.6. The van der Waals surface area contributed by atoms with Crippen LogP contribution < -0.4 is 4.74 Å². The molecule has 0 aliphatic heterocycles. The lowest BCUT2D eigenvalue weighted by atomic mass is 9.87. The molecule has 0 fully saturated rings. The second-order valence-corrected chi connectivity index (χ2v) is 12.5. The minimum atomic E-state index is -4.51. The first kappa shape index (κ1) is 33.9. The predicted octanol–water partition coefficient (Wildman–Crippen LogP) is 4.62. The van der Waals surface area contributed by atoms with E-state index in [0.717, 1.165) is 5.56 Å². The van der Waals surface area contributed by atoms with Crippen LogP contribution in [0.25, 0.3) is 0 Å². The molecule has 0 radical (unpaired) electrons. The van der Waals surface area contributed by atoms with Crippen LogP contribution in [0.2, 0.25) is 0 Å². The van der Waals surface area contributed by atoms with E-state index in [9.17, 15) is 16.8 Å². The van der Waals surface area contributed by atoms with Crippen molar-refractivity contribution in [3.05, 3.63) is 29.8 Å². The van der Waals surface area contributed by atoms with Gasteiger partial charge >= 0.3 is 20.8 Å². The number of hydrogen-bond acceptors (Lipinski definition) is 9. The van der Waals surface area contributed by atoms with Crippen LogP contribution in [0, 0.1) is 5.92 Å². The van der Waals surface area contributed by atoms with Gasteiger partial charge < -0.3 is 4.74 Å². The topological polar surface area (TPSA) is 114 Å². The average Bonchev–Trinajstić information content (AvgIpc) is 2.81. The molecule has 0 saturated carbocycles. The molecule has 15 heteroatoms. The lowest BCUT2D eigenvalue weighted by Gasteiger charge is -2.33. The van der Waals surface area contributed by atoms with Gasteiger partial charge in [0.1, 0.15) is 18.0 Å². The van der Waals surface area contributed by atoms with Gasteiger partial charge in [0.05, 0.1) is 31.1 Å². The SMILES string of the molecule is CC(C(CCl)OS(=O)(=O)OCCCl)C(Oc1ccc(C(C)(C)C)cc1)C(CCl)OS(=O)(=O)OCCCl. The van der Waals surface area contributed by atoms with Gasteiger partial charge in [-0.15, -0.1) is 46.4 Å². The van der Waals surface area contributed by atoms with E-state index >= 15 is 0 Å². The van der Waals surface area contributed by atoms with Crippen molar-refractivity contribution in [2.75, 3.05) is 36.7 Å². The summed E-state index contributed by atoms with van der Waals surface area (Å²) in [6.45, 7) is 7.06. The second-order valence-electron chi connectivity index (χ2n) is 8.63. The Balaban J connectivity index is 3.32. The van der Waals surface area contributed by atoms with Crippen molar-refractivity contribution in [2.24, 2.45) is 5.92 Å². The number of ether oxygens (including phenoxy) is 1. The minimum absolute atomic E-state index is 0.0810. The van der Waals surface area contributed by atoms with Crippen LogP contribution in [0.4, 0.5) is 0 Å². The summed E-state index contributed by atoms with van der Waals surface area (Å²) in [5.74, 6) is -1.35. The molecule has 0 heterocycles. The van der Waals surface area contributed by atoms with Gasteiger partial charge in [0.15, 0.2) is 0 Å². The van der Waals surface area contributed by atoms with E-state index in [2.05, 4.69) is 8.37 Å².